The van der Waals surface area contributed by atoms with Gasteiger partial charge in [0.1, 0.15) is 52.9 Å². The Bertz CT molecular complexity index is 6100. The van der Waals surface area contributed by atoms with Gasteiger partial charge in [0.05, 0.1) is 78.0 Å². The van der Waals surface area contributed by atoms with Gasteiger partial charge >= 0.3 is 47.8 Å². The number of carbonyl (C=O) groups is 8. The molecule has 13 rings (SSSR count). The number of fused-ring (bicyclic) bond motifs is 8. The Kier molecular flexibility index (Phi) is 39.1. The highest BCUT2D eigenvalue weighted by Crippen LogP contribution is 2.37. The molecule has 1 aliphatic heterocycles. The van der Waals surface area contributed by atoms with Gasteiger partial charge in [0.25, 0.3) is 0 Å². The van der Waals surface area contributed by atoms with Gasteiger partial charge in [-0.1, -0.05) is 0 Å². The number of nitrogens with one attached hydrogen (secondary N) is 4. The molecular formula is C104H132N20O16+8. The van der Waals surface area contributed by atoms with Crippen LogP contribution in [0.3, 0.4) is 0 Å². The highest BCUT2D eigenvalue weighted by Gasteiger charge is 2.33. The van der Waals surface area contributed by atoms with Gasteiger partial charge in [-0.25, -0.2) is 36.5 Å². The van der Waals surface area contributed by atoms with E-state index in [1.165, 1.54) is 0 Å². The fourth-order valence-corrected chi connectivity index (χ4v) is 17.1. The summed E-state index contributed by atoms with van der Waals surface area (Å²) in [5, 5.41) is 0. The number of nitrogens with zero attached hydrogens (tertiary/aromatic N) is 8. The molecule has 12 aromatic heterocycles. The summed E-state index contributed by atoms with van der Waals surface area (Å²) in [5.41, 5.74) is 60.6. The first-order valence-electron chi connectivity index (χ1n) is 47.8. The Labute approximate surface area is 813 Å². The molecule has 0 aromatic carbocycles. The SMILES string of the molecule is NCC[n+]1ccc(COC(=O)CCc2c3[nH]c(c2CC(=O)OCc2cc[n+](CCN)cc2)Cc2[nH]c(c(CC(=O)OCc4cc[n+](CCN)cc4)c2CCC(=O)OCc2cc[n+](CCN)cc2)Cc2[nH]c(c(CC(=O)OCc4cc[n+](CCN)cc4)c2CCC(=O)OCc2cc[n+](CCN)cc2)Cc2[nH]c(c(CCC(=O)OCc4cc[n+](CCN)cc4)c2CC(=O)OCc2cc[n+](CCN)cc2)C3)cc1. The van der Waals surface area contributed by atoms with Crippen molar-refractivity contribution < 1.29 is 113 Å². The molecule has 0 amide bonds. The standard InChI is InChI=1S/C104H132N20O16/c105-25-49-117-33-9-73(10-34-117)65-133-97(125)5-1-81-85(57-101(129)137-69-77-17-41-121(42-18-77)53-29-109)93-62-91-83(3-7-99(127)135-67-75-13-37-119(38-14-75)51-27-107)86(58-102(130)138-70-78-19-43-122(44-20-78)54-30-110)94(115-91)63-92-84(4-8-100(128)136-68-76-15-39-120(40-16-76)52-28-108)88(60-104(132)140-72-80-23-47-124(48-24-80)56-32-112)96(116-92)64-95-87(59-103(131)139-71-79-21-45-123(46-22-79)55-31-111)82(90(114-95)61-89(81)113-93)2-6-98(126)134-66-74-11-35-118(36-12-74)50-26-106/h9-24,33-48,113-116H,1-8,25-32,49-72,105-112H2/q+8. The van der Waals surface area contributed by atoms with Gasteiger partial charge in [-0.3, -0.25) is 38.4 Å². The van der Waals surface area contributed by atoms with Crippen LogP contribution in [0, 0.1) is 0 Å². The largest absolute Gasteiger partial charge is 0.461 e. The zero-order chi connectivity index (χ0) is 98.5. The number of pyridine rings is 8. The van der Waals surface area contributed by atoms with E-state index in [4.69, 9.17) is 83.8 Å². The molecule has 0 spiro atoms. The Balaban J connectivity index is 1.01. The van der Waals surface area contributed by atoms with Gasteiger partial charge < -0.3 is 104 Å². The molecule has 1 aliphatic rings. The fraction of sp³-hybridized carbons (Fsp3) is 0.385. The molecule has 8 bridgehead atoms. The van der Waals surface area contributed by atoms with Crippen LogP contribution in [-0.4, -0.2) is 120 Å². The number of H-pyrrole nitrogens is 4. The minimum Gasteiger partial charge on any atom is -0.461 e. The van der Waals surface area contributed by atoms with Gasteiger partial charge in [-0.05, 0) is 70.2 Å². The van der Waals surface area contributed by atoms with E-state index in [9.17, 15) is 19.2 Å². The molecule has 0 saturated heterocycles. The average Bonchev–Trinajstić information content (AvgIpc) is 1.60. The number of rotatable bonds is 52. The van der Waals surface area contributed by atoms with Crippen LogP contribution >= 0.6 is 0 Å². The Morgan fingerprint density at radius 2 is 0.329 bits per heavy atom. The van der Waals surface area contributed by atoms with Crippen LogP contribution in [0.4, 0.5) is 0 Å². The average molecular weight is 1920 g/mol. The molecule has 13 heterocycles. The molecule has 0 radical (unpaired) electrons. The smallest absolute Gasteiger partial charge is 0.310 e. The van der Waals surface area contributed by atoms with Crippen molar-refractivity contribution in [3.8, 4) is 0 Å². The molecule has 140 heavy (non-hydrogen) atoms. The summed E-state index contributed by atoms with van der Waals surface area (Å²) >= 11 is 0. The number of aromatic amines is 4. The number of hydrogen-bond donors (Lipinski definition) is 12. The van der Waals surface area contributed by atoms with Crippen molar-refractivity contribution in [1.29, 1.82) is 0 Å². The lowest BCUT2D eigenvalue weighted by Crippen LogP contribution is -2.36. The molecule has 20 N–H and O–H groups in total. The van der Waals surface area contributed by atoms with E-state index in [-0.39, 0.29) is 156 Å². The summed E-state index contributed by atoms with van der Waals surface area (Å²) in [7, 11) is 0. The third-order valence-electron chi connectivity index (χ3n) is 24.6. The van der Waals surface area contributed by atoms with Crippen LogP contribution < -0.4 is 82.4 Å². The maximum absolute atomic E-state index is 15.3. The predicted molar refractivity (Wildman–Crippen MR) is 506 cm³/mol. The minimum absolute atomic E-state index is 0.0281. The lowest BCUT2D eigenvalue weighted by molar-refractivity contribution is -0.694. The van der Waals surface area contributed by atoms with Crippen LogP contribution in [0.2, 0.25) is 0 Å². The van der Waals surface area contributed by atoms with Crippen LogP contribution in [-0.2, 0) is 259 Å². The van der Waals surface area contributed by atoms with Gasteiger partial charge in [0, 0.05) is 238 Å². The van der Waals surface area contributed by atoms with E-state index in [1.54, 1.807) is 0 Å². The van der Waals surface area contributed by atoms with E-state index in [0.29, 0.717) is 217 Å². The Morgan fingerprint density at radius 1 is 0.200 bits per heavy atom. The molecule has 0 fully saturated rings. The van der Waals surface area contributed by atoms with Crippen molar-refractivity contribution in [1.82, 2.24) is 19.9 Å². The maximum Gasteiger partial charge on any atom is 0.310 e. The van der Waals surface area contributed by atoms with Gasteiger partial charge in [-0.2, -0.15) is 0 Å². The second-order valence-corrected chi connectivity index (χ2v) is 34.7. The van der Waals surface area contributed by atoms with Gasteiger partial charge in [0.2, 0.25) is 0 Å². The quantitative estimate of drug-likeness (QED) is 0.0146. The van der Waals surface area contributed by atoms with Crippen molar-refractivity contribution in [2.24, 2.45) is 45.9 Å². The number of ether oxygens (including phenoxy) is 8. The molecule has 12 aromatic rings. The van der Waals surface area contributed by atoms with E-state index in [0.717, 1.165) is 22.3 Å². The van der Waals surface area contributed by atoms with Crippen molar-refractivity contribution in [3.05, 3.63) is 331 Å². The zero-order valence-corrected chi connectivity index (χ0v) is 79.5. The molecular weight excluding hydrogens is 1790 g/mol. The topological polar surface area (TPSA) is 513 Å². The summed E-state index contributed by atoms with van der Waals surface area (Å²) < 4.78 is 64.7. The third-order valence-corrected chi connectivity index (χ3v) is 24.6. The Morgan fingerprint density at radius 3 is 0.464 bits per heavy atom. The van der Waals surface area contributed by atoms with Crippen LogP contribution in [0.5, 0.6) is 0 Å². The second-order valence-electron chi connectivity index (χ2n) is 34.7. The summed E-state index contributed by atoms with van der Waals surface area (Å²) in [5.74, 6) is -4.83. The predicted octanol–water partition coefficient (Wildman–Crippen LogP) is 1.49. The van der Waals surface area contributed by atoms with Crippen LogP contribution in [0.25, 0.3) is 0 Å². The summed E-state index contributed by atoms with van der Waals surface area (Å²) in [6.45, 7) is 6.97. The lowest BCUT2D eigenvalue weighted by Gasteiger charge is -2.12. The first-order chi connectivity index (χ1) is 68.2. The summed E-state index contributed by atoms with van der Waals surface area (Å²) in [4.78, 5) is 135. The highest BCUT2D eigenvalue weighted by atomic mass is 16.6. The van der Waals surface area contributed by atoms with E-state index < -0.39 is 47.8 Å². The maximum atomic E-state index is 15.3. The molecule has 0 saturated carbocycles. The number of nitrogens with two attached hydrogens (primary N) is 8. The molecule has 36 heteroatoms. The van der Waals surface area contributed by atoms with Crippen molar-refractivity contribution in [2.75, 3.05) is 52.4 Å². The number of carbonyl (C=O) groups excluding carboxylic acids is 8. The zero-order valence-electron chi connectivity index (χ0n) is 79.5. The molecule has 0 unspecified atom stereocenters. The van der Waals surface area contributed by atoms with E-state index in [1.807, 2.05) is 233 Å². The fourth-order valence-electron chi connectivity index (χ4n) is 17.1. The van der Waals surface area contributed by atoms with Crippen molar-refractivity contribution >= 4 is 47.8 Å². The first-order valence-corrected chi connectivity index (χ1v) is 47.8. The van der Waals surface area contributed by atoms with Crippen LogP contribution in [0.1, 0.15) is 160 Å². The minimum atomic E-state index is -0.642. The molecule has 0 aliphatic carbocycles. The molecule has 36 nitrogen and oxygen atoms in total. The highest BCUT2D eigenvalue weighted by molar-refractivity contribution is 5.79. The van der Waals surface area contributed by atoms with Crippen molar-refractivity contribution in [2.45, 2.75) is 208 Å². The second kappa shape index (κ2) is 53.1. The monoisotopic (exact) mass is 1920 g/mol. The first kappa shape index (κ1) is 103. The third kappa shape index (κ3) is 30.9. The molecule has 0 atom stereocenters. The Hall–Kier alpha value is -14.2. The normalized spacial score (nSPS) is 11.7. The summed E-state index contributed by atoms with van der Waals surface area (Å²) in [6.07, 6.45) is 26.9. The number of aromatic nitrogens is 12. The van der Waals surface area contributed by atoms with Gasteiger partial charge in [-0.15, -0.1) is 0 Å². The van der Waals surface area contributed by atoms with Gasteiger partial charge in [0.15, 0.2) is 152 Å². The van der Waals surface area contributed by atoms with Crippen molar-refractivity contribution in [3.63, 3.8) is 0 Å². The number of esters is 8. The number of hydrogen-bond acceptors (Lipinski definition) is 24. The van der Waals surface area contributed by atoms with E-state index in [2.05, 4.69) is 19.9 Å². The van der Waals surface area contributed by atoms with Crippen LogP contribution in [0.15, 0.2) is 196 Å². The molecule has 736 valence electrons. The summed E-state index contributed by atoms with van der Waals surface area (Å²) in [6, 6.07) is 29.5. The lowest BCUT2D eigenvalue weighted by atomic mass is 9.93. The van der Waals surface area contributed by atoms with E-state index >= 15 is 19.2 Å².